The molecule has 1 saturated carbocycles. The molecule has 0 bridgehead atoms. The van der Waals surface area contributed by atoms with Crippen LogP contribution >= 0.6 is 0 Å². The number of hydrogen-bond acceptors (Lipinski definition) is 1. The second-order valence-electron chi connectivity index (χ2n) is 9.72. The van der Waals surface area contributed by atoms with Gasteiger partial charge in [0, 0.05) is 11.6 Å². The summed E-state index contributed by atoms with van der Waals surface area (Å²) in [6, 6.07) is 0.702. The molecule has 0 aromatic rings. The molecule has 0 spiro atoms. The lowest BCUT2D eigenvalue weighted by molar-refractivity contribution is 0.0863. The third-order valence-electron chi connectivity index (χ3n) is 7.13. The van der Waals surface area contributed by atoms with Gasteiger partial charge in [-0.2, -0.15) is 0 Å². The third-order valence-corrected chi connectivity index (χ3v) is 7.13. The van der Waals surface area contributed by atoms with Gasteiger partial charge in [-0.05, 0) is 55.3 Å². The Kier molecular flexibility index (Phi) is 3.60. The van der Waals surface area contributed by atoms with Crippen LogP contribution in [0.3, 0.4) is 0 Å². The zero-order chi connectivity index (χ0) is 15.5. The van der Waals surface area contributed by atoms with Crippen molar-refractivity contribution in [3.05, 3.63) is 11.6 Å². The number of fused-ring (bicyclic) bond motifs is 3. The summed E-state index contributed by atoms with van der Waals surface area (Å²) in [6.45, 7) is 14.7. The molecule has 3 rings (SSSR count). The van der Waals surface area contributed by atoms with Crippen molar-refractivity contribution in [1.29, 1.82) is 0 Å². The maximum atomic E-state index is 4.11. The van der Waals surface area contributed by atoms with Crippen LogP contribution in [0.25, 0.3) is 0 Å². The van der Waals surface area contributed by atoms with E-state index in [2.05, 4.69) is 52.9 Å². The van der Waals surface area contributed by atoms with E-state index in [4.69, 9.17) is 0 Å². The summed E-state index contributed by atoms with van der Waals surface area (Å²) < 4.78 is 0. The SMILES string of the molecule is C[C@H]1CC(C(C)(C)C)=CC2C(C1)NC1(C)CCCCC21C. The van der Waals surface area contributed by atoms with E-state index in [-0.39, 0.29) is 0 Å². The third kappa shape index (κ3) is 2.40. The monoisotopic (exact) mass is 289 g/mol. The zero-order valence-electron chi connectivity index (χ0n) is 15.1. The number of nitrogens with one attached hydrogen (secondary N) is 1. The van der Waals surface area contributed by atoms with Gasteiger partial charge in [-0.1, -0.05) is 59.1 Å². The van der Waals surface area contributed by atoms with E-state index in [0.29, 0.717) is 22.4 Å². The van der Waals surface area contributed by atoms with Crippen LogP contribution in [0, 0.1) is 22.7 Å². The van der Waals surface area contributed by atoms with Crippen LogP contribution in [0.5, 0.6) is 0 Å². The molecule has 5 atom stereocenters. The highest BCUT2D eigenvalue weighted by atomic mass is 15.1. The number of allylic oxidation sites excluding steroid dienone is 1. The minimum atomic E-state index is 0.327. The highest BCUT2D eigenvalue weighted by molar-refractivity contribution is 5.25. The quantitative estimate of drug-likeness (QED) is 0.595. The fourth-order valence-electron chi connectivity index (χ4n) is 5.49. The van der Waals surface area contributed by atoms with E-state index in [1.54, 1.807) is 5.57 Å². The van der Waals surface area contributed by atoms with E-state index >= 15 is 0 Å². The first kappa shape index (κ1) is 15.6. The van der Waals surface area contributed by atoms with Gasteiger partial charge in [-0.15, -0.1) is 0 Å². The predicted octanol–water partition coefficient (Wildman–Crippen LogP) is 5.32. The molecule has 0 amide bonds. The van der Waals surface area contributed by atoms with Crippen LogP contribution in [0.4, 0.5) is 0 Å². The molecule has 1 aliphatic heterocycles. The molecular formula is C20H35N. The molecule has 120 valence electrons. The molecule has 0 aromatic carbocycles. The average molecular weight is 290 g/mol. The Hall–Kier alpha value is -0.300. The fraction of sp³-hybridized carbons (Fsp3) is 0.900. The number of rotatable bonds is 0. The lowest BCUT2D eigenvalue weighted by Crippen LogP contribution is -2.51. The molecule has 1 N–H and O–H groups in total. The maximum absolute atomic E-state index is 4.11. The van der Waals surface area contributed by atoms with Crippen molar-refractivity contribution in [2.45, 2.75) is 91.6 Å². The van der Waals surface area contributed by atoms with Crippen molar-refractivity contribution in [1.82, 2.24) is 5.32 Å². The molecule has 0 radical (unpaired) electrons. The highest BCUT2D eigenvalue weighted by Crippen LogP contribution is 2.57. The molecule has 2 fully saturated rings. The lowest BCUT2D eigenvalue weighted by atomic mass is 9.59. The molecule has 1 heterocycles. The van der Waals surface area contributed by atoms with Gasteiger partial charge in [0.15, 0.2) is 0 Å². The summed E-state index contributed by atoms with van der Waals surface area (Å²) in [5, 5.41) is 4.11. The minimum Gasteiger partial charge on any atom is -0.308 e. The van der Waals surface area contributed by atoms with E-state index in [1.165, 1.54) is 38.5 Å². The summed E-state index contributed by atoms with van der Waals surface area (Å²) in [7, 11) is 0. The van der Waals surface area contributed by atoms with Gasteiger partial charge in [0.2, 0.25) is 0 Å². The van der Waals surface area contributed by atoms with E-state index in [9.17, 15) is 0 Å². The summed E-state index contributed by atoms with van der Waals surface area (Å²) in [5.74, 6) is 1.55. The first-order chi connectivity index (χ1) is 9.66. The molecule has 21 heavy (non-hydrogen) atoms. The fourth-order valence-corrected chi connectivity index (χ4v) is 5.49. The van der Waals surface area contributed by atoms with Gasteiger partial charge >= 0.3 is 0 Å². The van der Waals surface area contributed by atoms with Gasteiger partial charge < -0.3 is 5.32 Å². The molecule has 1 heteroatoms. The van der Waals surface area contributed by atoms with Crippen LogP contribution in [-0.4, -0.2) is 11.6 Å². The van der Waals surface area contributed by atoms with Gasteiger partial charge in [0.05, 0.1) is 0 Å². The standard InChI is InChI=1S/C20H35N/c1-14-11-15(18(2,3)4)13-16-17(12-14)21-20(6)10-8-7-9-19(16,20)5/h13-14,16-17,21H,7-12H2,1-6H3/t14-,16?,17?,19?,20?/m0/s1. The van der Waals surface area contributed by atoms with Gasteiger partial charge in [0.1, 0.15) is 0 Å². The Morgan fingerprint density at radius 2 is 1.81 bits per heavy atom. The van der Waals surface area contributed by atoms with Crippen molar-refractivity contribution >= 4 is 0 Å². The summed E-state index contributed by atoms with van der Waals surface area (Å²) in [6.07, 6.45) is 11.0. The summed E-state index contributed by atoms with van der Waals surface area (Å²) in [5.41, 5.74) is 2.85. The van der Waals surface area contributed by atoms with E-state index < -0.39 is 0 Å². The van der Waals surface area contributed by atoms with E-state index in [0.717, 1.165) is 11.8 Å². The average Bonchev–Trinajstić information content (AvgIpc) is 2.47. The Labute approximate surface area is 132 Å². The Bertz CT molecular complexity index is 443. The van der Waals surface area contributed by atoms with Gasteiger partial charge in [0.25, 0.3) is 0 Å². The maximum Gasteiger partial charge on any atom is 0.0215 e. The smallest absolute Gasteiger partial charge is 0.0215 e. The largest absolute Gasteiger partial charge is 0.308 e. The highest BCUT2D eigenvalue weighted by Gasteiger charge is 2.58. The van der Waals surface area contributed by atoms with Crippen LogP contribution in [0.15, 0.2) is 11.6 Å². The predicted molar refractivity (Wildman–Crippen MR) is 91.3 cm³/mol. The zero-order valence-corrected chi connectivity index (χ0v) is 15.1. The second kappa shape index (κ2) is 4.85. The molecule has 3 aliphatic rings. The Balaban J connectivity index is 2.03. The normalized spacial score (nSPS) is 47.3. The van der Waals surface area contributed by atoms with Crippen LogP contribution in [0.1, 0.15) is 80.1 Å². The van der Waals surface area contributed by atoms with Crippen LogP contribution in [-0.2, 0) is 0 Å². The second-order valence-corrected chi connectivity index (χ2v) is 9.72. The van der Waals surface area contributed by atoms with Crippen molar-refractivity contribution in [3.63, 3.8) is 0 Å². The minimum absolute atomic E-state index is 0.327. The van der Waals surface area contributed by atoms with Gasteiger partial charge in [-0.3, -0.25) is 0 Å². The van der Waals surface area contributed by atoms with Crippen LogP contribution in [0.2, 0.25) is 0 Å². The first-order valence-corrected chi connectivity index (χ1v) is 9.15. The van der Waals surface area contributed by atoms with Crippen molar-refractivity contribution in [3.8, 4) is 0 Å². The Morgan fingerprint density at radius 1 is 1.14 bits per heavy atom. The van der Waals surface area contributed by atoms with E-state index in [1.807, 2.05) is 0 Å². The summed E-state index contributed by atoms with van der Waals surface area (Å²) >= 11 is 0. The van der Waals surface area contributed by atoms with Crippen LogP contribution < -0.4 is 5.32 Å². The molecule has 1 saturated heterocycles. The van der Waals surface area contributed by atoms with Crippen molar-refractivity contribution in [2.75, 3.05) is 0 Å². The molecule has 4 unspecified atom stereocenters. The lowest BCUT2D eigenvalue weighted by Gasteiger charge is -2.47. The summed E-state index contributed by atoms with van der Waals surface area (Å²) in [4.78, 5) is 0. The molecule has 2 aliphatic carbocycles. The molecule has 1 nitrogen and oxygen atoms in total. The first-order valence-electron chi connectivity index (χ1n) is 9.15. The van der Waals surface area contributed by atoms with Crippen molar-refractivity contribution < 1.29 is 0 Å². The molecular weight excluding hydrogens is 254 g/mol. The Morgan fingerprint density at radius 3 is 2.48 bits per heavy atom. The number of hydrogen-bond donors (Lipinski definition) is 1. The van der Waals surface area contributed by atoms with Gasteiger partial charge in [-0.25, -0.2) is 0 Å². The molecule has 0 aromatic heterocycles. The topological polar surface area (TPSA) is 12.0 Å². The van der Waals surface area contributed by atoms with Crippen molar-refractivity contribution in [2.24, 2.45) is 22.7 Å².